The van der Waals surface area contributed by atoms with Crippen molar-refractivity contribution in [1.82, 2.24) is 14.5 Å². The lowest BCUT2D eigenvalue weighted by atomic mass is 9.86. The largest absolute Gasteiger partial charge is 0.573 e. The van der Waals surface area contributed by atoms with Gasteiger partial charge in [0.2, 0.25) is 0 Å². The Bertz CT molecular complexity index is 1430. The molecule has 1 saturated carbocycles. The van der Waals surface area contributed by atoms with Crippen LogP contribution in [-0.4, -0.2) is 34.1 Å². The molecule has 2 aromatic heterocycles. The molecular formula is C27H22F5N3O3. The summed E-state index contributed by atoms with van der Waals surface area (Å²) in [7, 11) is 0. The first-order valence-corrected chi connectivity index (χ1v) is 11.9. The first-order valence-electron chi connectivity index (χ1n) is 11.9. The van der Waals surface area contributed by atoms with Crippen LogP contribution in [0.2, 0.25) is 0 Å². The molecule has 38 heavy (non-hydrogen) atoms. The molecule has 1 fully saturated rings. The molecule has 2 heterocycles. The Morgan fingerprint density at radius 3 is 2.47 bits per heavy atom. The Kier molecular flexibility index (Phi) is 7.17. The van der Waals surface area contributed by atoms with Crippen molar-refractivity contribution in [3.63, 3.8) is 0 Å². The molecule has 6 nitrogen and oxygen atoms in total. The van der Waals surface area contributed by atoms with E-state index in [0.717, 1.165) is 19.3 Å². The van der Waals surface area contributed by atoms with Crippen molar-refractivity contribution in [2.75, 3.05) is 6.61 Å². The number of alkyl halides is 5. The van der Waals surface area contributed by atoms with Crippen LogP contribution in [0.5, 0.6) is 17.2 Å². The molecule has 0 radical (unpaired) electrons. The van der Waals surface area contributed by atoms with Crippen LogP contribution in [0.4, 0.5) is 22.0 Å². The molecule has 0 atom stereocenters. The fourth-order valence-electron chi connectivity index (χ4n) is 4.13. The molecule has 0 unspecified atom stereocenters. The summed E-state index contributed by atoms with van der Waals surface area (Å²) in [6.45, 7) is -2.63. The van der Waals surface area contributed by atoms with E-state index in [0.29, 0.717) is 40.8 Å². The van der Waals surface area contributed by atoms with E-state index in [1.54, 1.807) is 47.2 Å². The SMILES string of the molecule is FC(F)Oc1cccc(/C=C/c2nc3cccnc3n2-c2ccc(OC(F)(F)F)cc2)c1OCC1CCC1. The summed E-state index contributed by atoms with van der Waals surface area (Å²) < 4.78 is 80.1. The lowest BCUT2D eigenvalue weighted by molar-refractivity contribution is -0.274. The Labute approximate surface area is 214 Å². The molecule has 4 aromatic rings. The smallest absolute Gasteiger partial charge is 0.489 e. The number of para-hydroxylation sites is 1. The Morgan fingerprint density at radius 1 is 1.00 bits per heavy atom. The van der Waals surface area contributed by atoms with Crippen molar-refractivity contribution in [3.05, 3.63) is 72.2 Å². The van der Waals surface area contributed by atoms with E-state index in [1.807, 2.05) is 0 Å². The zero-order chi connectivity index (χ0) is 26.7. The maximum absolute atomic E-state index is 13.1. The fraction of sp³-hybridized carbons (Fsp3) is 0.259. The van der Waals surface area contributed by atoms with Crippen LogP contribution in [0.1, 0.15) is 30.7 Å². The zero-order valence-electron chi connectivity index (χ0n) is 19.9. The van der Waals surface area contributed by atoms with Gasteiger partial charge in [-0.3, -0.25) is 4.57 Å². The molecule has 1 aliphatic rings. The third-order valence-corrected chi connectivity index (χ3v) is 6.10. The predicted molar refractivity (Wildman–Crippen MR) is 130 cm³/mol. The van der Waals surface area contributed by atoms with Gasteiger partial charge in [0.15, 0.2) is 17.1 Å². The van der Waals surface area contributed by atoms with E-state index in [1.165, 1.54) is 30.3 Å². The molecule has 5 rings (SSSR count). The molecular weight excluding hydrogens is 509 g/mol. The molecule has 2 aromatic carbocycles. The highest BCUT2D eigenvalue weighted by Crippen LogP contribution is 2.36. The normalized spacial score (nSPS) is 14.3. The van der Waals surface area contributed by atoms with E-state index >= 15 is 0 Å². The standard InChI is InChI=1S/C27H22F5N3O3/c28-26(29)37-22-8-2-6-18(24(22)36-16-17-4-1-5-17)9-14-23-34-21-7-3-15-33-25(21)35(23)19-10-12-20(13-11-19)38-27(30,31)32/h2-3,6-15,17,26H,1,4-5,16H2/b14-9+. The molecule has 0 amide bonds. The quantitative estimate of drug-likeness (QED) is 0.213. The van der Waals surface area contributed by atoms with Crippen LogP contribution in [-0.2, 0) is 0 Å². The van der Waals surface area contributed by atoms with Gasteiger partial charge < -0.3 is 14.2 Å². The number of hydrogen-bond acceptors (Lipinski definition) is 5. The summed E-state index contributed by atoms with van der Waals surface area (Å²) in [5.41, 5.74) is 2.03. The maximum Gasteiger partial charge on any atom is 0.573 e. The van der Waals surface area contributed by atoms with E-state index < -0.39 is 13.0 Å². The second kappa shape index (κ2) is 10.7. The Balaban J connectivity index is 1.51. The minimum absolute atomic E-state index is 0.0723. The summed E-state index contributed by atoms with van der Waals surface area (Å²) in [5.74, 6) is 0.543. The molecule has 11 heteroatoms. The third kappa shape index (κ3) is 5.87. The molecule has 198 valence electrons. The number of ether oxygens (including phenoxy) is 3. The topological polar surface area (TPSA) is 58.4 Å². The molecule has 0 bridgehead atoms. The highest BCUT2D eigenvalue weighted by atomic mass is 19.4. The summed E-state index contributed by atoms with van der Waals surface area (Å²) in [6, 6.07) is 13.5. The first-order chi connectivity index (χ1) is 18.3. The zero-order valence-corrected chi connectivity index (χ0v) is 19.9. The van der Waals surface area contributed by atoms with Crippen molar-refractivity contribution in [3.8, 4) is 22.9 Å². The Morgan fingerprint density at radius 2 is 1.79 bits per heavy atom. The number of rotatable bonds is 9. The average Bonchev–Trinajstić information content (AvgIpc) is 3.20. The lowest BCUT2D eigenvalue weighted by Gasteiger charge is -2.26. The second-order valence-corrected chi connectivity index (χ2v) is 8.69. The van der Waals surface area contributed by atoms with Crippen molar-refractivity contribution < 1.29 is 36.2 Å². The van der Waals surface area contributed by atoms with Crippen LogP contribution >= 0.6 is 0 Å². The van der Waals surface area contributed by atoms with Gasteiger partial charge in [-0.15, -0.1) is 13.2 Å². The number of aromatic nitrogens is 3. The molecule has 0 aliphatic heterocycles. The average molecular weight is 531 g/mol. The summed E-state index contributed by atoms with van der Waals surface area (Å²) >= 11 is 0. The van der Waals surface area contributed by atoms with Gasteiger partial charge in [0.25, 0.3) is 0 Å². The van der Waals surface area contributed by atoms with Crippen LogP contribution in [0.25, 0.3) is 29.0 Å². The van der Waals surface area contributed by atoms with Gasteiger partial charge in [-0.1, -0.05) is 18.6 Å². The van der Waals surface area contributed by atoms with Crippen LogP contribution in [0.15, 0.2) is 60.8 Å². The number of pyridine rings is 1. The van der Waals surface area contributed by atoms with Gasteiger partial charge in [0.1, 0.15) is 17.1 Å². The highest BCUT2D eigenvalue weighted by molar-refractivity contribution is 5.80. The highest BCUT2D eigenvalue weighted by Gasteiger charge is 2.31. The van der Waals surface area contributed by atoms with Crippen LogP contribution in [0.3, 0.4) is 0 Å². The fourth-order valence-corrected chi connectivity index (χ4v) is 4.13. The molecule has 0 N–H and O–H groups in total. The number of nitrogens with zero attached hydrogens (tertiary/aromatic N) is 3. The second-order valence-electron chi connectivity index (χ2n) is 8.69. The van der Waals surface area contributed by atoms with E-state index in [9.17, 15) is 22.0 Å². The number of halogens is 5. The summed E-state index contributed by atoms with van der Waals surface area (Å²) in [5, 5.41) is 0. The monoisotopic (exact) mass is 531 g/mol. The van der Waals surface area contributed by atoms with Crippen LogP contribution in [0, 0.1) is 5.92 Å². The van der Waals surface area contributed by atoms with Crippen molar-refractivity contribution in [2.45, 2.75) is 32.2 Å². The minimum atomic E-state index is -4.81. The Hall–Kier alpha value is -4.15. The summed E-state index contributed by atoms with van der Waals surface area (Å²) in [6.07, 6.45) is 3.24. The van der Waals surface area contributed by atoms with Gasteiger partial charge in [0, 0.05) is 17.4 Å². The molecule has 0 saturated heterocycles. The number of hydrogen-bond donors (Lipinski definition) is 0. The predicted octanol–water partition coefficient (Wildman–Crippen LogP) is 7.27. The van der Waals surface area contributed by atoms with Gasteiger partial charge >= 0.3 is 13.0 Å². The van der Waals surface area contributed by atoms with Gasteiger partial charge in [-0.25, -0.2) is 9.97 Å². The van der Waals surface area contributed by atoms with E-state index in [2.05, 4.69) is 14.7 Å². The molecule has 0 spiro atoms. The summed E-state index contributed by atoms with van der Waals surface area (Å²) in [4.78, 5) is 8.96. The number of imidazole rings is 1. The van der Waals surface area contributed by atoms with Crippen molar-refractivity contribution in [2.24, 2.45) is 5.92 Å². The van der Waals surface area contributed by atoms with Crippen LogP contribution < -0.4 is 14.2 Å². The first kappa shape index (κ1) is 25.5. The molecule has 1 aliphatic carbocycles. The third-order valence-electron chi connectivity index (χ3n) is 6.10. The van der Waals surface area contributed by atoms with Crippen molar-refractivity contribution in [1.29, 1.82) is 0 Å². The van der Waals surface area contributed by atoms with Crippen molar-refractivity contribution >= 4 is 23.3 Å². The maximum atomic E-state index is 13.1. The van der Waals surface area contributed by atoms with E-state index in [4.69, 9.17) is 9.47 Å². The lowest BCUT2D eigenvalue weighted by Crippen LogP contribution is -2.20. The number of benzene rings is 2. The van der Waals surface area contributed by atoms with E-state index in [-0.39, 0.29) is 17.2 Å². The van der Waals surface area contributed by atoms with Gasteiger partial charge in [0.05, 0.1) is 6.61 Å². The van der Waals surface area contributed by atoms with Gasteiger partial charge in [-0.2, -0.15) is 8.78 Å². The number of fused-ring (bicyclic) bond motifs is 1. The van der Waals surface area contributed by atoms with Gasteiger partial charge in [-0.05, 0) is 73.4 Å². The minimum Gasteiger partial charge on any atom is -0.489 e.